The summed E-state index contributed by atoms with van der Waals surface area (Å²) in [5.41, 5.74) is 2.10. The van der Waals surface area contributed by atoms with E-state index in [2.05, 4.69) is 11.0 Å². The highest BCUT2D eigenvalue weighted by atomic mass is 19.1. The van der Waals surface area contributed by atoms with Crippen molar-refractivity contribution < 1.29 is 18.7 Å². The maximum atomic E-state index is 13.9. The number of fused-ring (bicyclic) bond motifs is 3. The van der Waals surface area contributed by atoms with Gasteiger partial charge in [-0.25, -0.2) is 4.39 Å². The van der Waals surface area contributed by atoms with E-state index in [1.807, 2.05) is 30.1 Å². The van der Waals surface area contributed by atoms with E-state index < -0.39 is 0 Å². The molecule has 2 aromatic carbocycles. The van der Waals surface area contributed by atoms with Gasteiger partial charge in [0.2, 0.25) is 5.91 Å². The predicted molar refractivity (Wildman–Crippen MR) is 116 cm³/mol. The van der Waals surface area contributed by atoms with E-state index in [0.717, 1.165) is 43.0 Å². The lowest BCUT2D eigenvalue weighted by Crippen LogP contribution is -2.44. The number of hydrogen-bond acceptors (Lipinski definition) is 4. The smallest absolute Gasteiger partial charge is 0.227 e. The summed E-state index contributed by atoms with van der Waals surface area (Å²) >= 11 is 0. The minimum Gasteiger partial charge on any atom is -0.496 e. The summed E-state index contributed by atoms with van der Waals surface area (Å²) in [5, 5.41) is 0. The normalized spacial score (nSPS) is 26.2. The lowest BCUT2D eigenvalue weighted by Gasteiger charge is -2.36. The Bertz CT molecular complexity index is 973. The third-order valence-electron chi connectivity index (χ3n) is 7.31. The minimum absolute atomic E-state index is 0.0273. The molecule has 0 radical (unpaired) electrons. The molecular weight excluding hydrogens is 395 g/mol. The number of carbonyl (C=O) groups is 1. The molecule has 0 aliphatic carbocycles. The molecule has 2 aromatic rings. The van der Waals surface area contributed by atoms with Crippen molar-refractivity contribution in [3.8, 4) is 11.5 Å². The van der Waals surface area contributed by atoms with Crippen molar-refractivity contribution in [3.63, 3.8) is 0 Å². The van der Waals surface area contributed by atoms with Crippen molar-refractivity contribution in [1.29, 1.82) is 0 Å². The number of benzene rings is 2. The van der Waals surface area contributed by atoms with Crippen molar-refractivity contribution in [1.82, 2.24) is 9.80 Å². The van der Waals surface area contributed by atoms with Gasteiger partial charge in [0, 0.05) is 37.2 Å². The van der Waals surface area contributed by atoms with Gasteiger partial charge in [0.15, 0.2) is 0 Å². The van der Waals surface area contributed by atoms with Gasteiger partial charge in [-0.2, -0.15) is 0 Å². The fourth-order valence-electron chi connectivity index (χ4n) is 5.76. The van der Waals surface area contributed by atoms with Crippen LogP contribution in [-0.4, -0.2) is 56.1 Å². The van der Waals surface area contributed by atoms with Crippen molar-refractivity contribution in [3.05, 3.63) is 59.4 Å². The number of ether oxygens (including phenoxy) is 2. The second kappa shape index (κ2) is 8.15. The highest BCUT2D eigenvalue weighted by molar-refractivity contribution is 5.80. The maximum Gasteiger partial charge on any atom is 0.227 e. The number of nitrogens with zero attached hydrogens (tertiary/aromatic N) is 2. The first-order chi connectivity index (χ1) is 15.1. The highest BCUT2D eigenvalue weighted by Gasteiger charge is 2.49. The molecule has 3 atom stereocenters. The number of para-hydroxylation sites is 1. The summed E-state index contributed by atoms with van der Waals surface area (Å²) in [6.45, 7) is 2.69. The van der Waals surface area contributed by atoms with Crippen molar-refractivity contribution in [2.75, 3.05) is 40.4 Å². The first-order valence-corrected chi connectivity index (χ1v) is 11.1. The van der Waals surface area contributed by atoms with Crippen LogP contribution in [-0.2, 0) is 4.79 Å². The standard InChI is InChI=1S/C25H29FN2O3/c1-27-14-20(21-15-31-23-8-7-17(26)13-19(23)24(21)27)25(29)28-11-9-16(10-12-28)18-5-3-4-6-22(18)30-2/h3-8,13,16,20-21,24H,9-12,14-15H2,1-2H3/t20-,21+,24+/m1/s1. The Labute approximate surface area is 182 Å². The predicted octanol–water partition coefficient (Wildman–Crippen LogP) is 3.85. The first-order valence-electron chi connectivity index (χ1n) is 11.1. The van der Waals surface area contributed by atoms with E-state index in [4.69, 9.17) is 9.47 Å². The zero-order chi connectivity index (χ0) is 21.5. The zero-order valence-corrected chi connectivity index (χ0v) is 18.1. The van der Waals surface area contributed by atoms with E-state index in [9.17, 15) is 9.18 Å². The van der Waals surface area contributed by atoms with Crippen LogP contribution in [0, 0.1) is 17.7 Å². The summed E-state index contributed by atoms with van der Waals surface area (Å²) in [6, 6.07) is 12.9. The maximum absolute atomic E-state index is 13.9. The molecule has 1 amide bonds. The van der Waals surface area contributed by atoms with Crippen molar-refractivity contribution in [2.24, 2.45) is 11.8 Å². The molecule has 3 aliphatic rings. The molecule has 31 heavy (non-hydrogen) atoms. The van der Waals surface area contributed by atoms with Gasteiger partial charge in [-0.1, -0.05) is 18.2 Å². The summed E-state index contributed by atoms with van der Waals surface area (Å²) in [4.78, 5) is 17.7. The Kier molecular flexibility index (Phi) is 5.34. The highest BCUT2D eigenvalue weighted by Crippen LogP contribution is 2.47. The Morgan fingerprint density at radius 2 is 1.90 bits per heavy atom. The Morgan fingerprint density at radius 3 is 2.68 bits per heavy atom. The van der Waals surface area contributed by atoms with Crippen LogP contribution < -0.4 is 9.47 Å². The van der Waals surface area contributed by atoms with Gasteiger partial charge in [-0.3, -0.25) is 9.69 Å². The van der Waals surface area contributed by atoms with E-state index in [0.29, 0.717) is 19.1 Å². The molecule has 0 spiro atoms. The van der Waals surface area contributed by atoms with Crippen molar-refractivity contribution >= 4 is 5.91 Å². The lowest BCUT2D eigenvalue weighted by molar-refractivity contribution is -0.138. The lowest BCUT2D eigenvalue weighted by atomic mass is 9.83. The molecule has 3 heterocycles. The van der Waals surface area contributed by atoms with Gasteiger partial charge < -0.3 is 14.4 Å². The van der Waals surface area contributed by atoms with Crippen LogP contribution in [0.25, 0.3) is 0 Å². The number of methoxy groups -OCH3 is 1. The number of hydrogen-bond donors (Lipinski definition) is 0. The van der Waals surface area contributed by atoms with E-state index in [1.54, 1.807) is 19.2 Å². The van der Waals surface area contributed by atoms with Crippen LogP contribution in [0.15, 0.2) is 42.5 Å². The van der Waals surface area contributed by atoms with Gasteiger partial charge in [-0.05, 0) is 55.6 Å². The fraction of sp³-hybridized carbons (Fsp3) is 0.480. The van der Waals surface area contributed by atoms with Crippen LogP contribution in [0.3, 0.4) is 0 Å². The minimum atomic E-state index is -0.260. The van der Waals surface area contributed by atoms with Crippen LogP contribution in [0.4, 0.5) is 4.39 Å². The van der Waals surface area contributed by atoms with E-state index in [1.165, 1.54) is 11.6 Å². The molecule has 2 fully saturated rings. The topological polar surface area (TPSA) is 42.0 Å². The van der Waals surface area contributed by atoms with Crippen LogP contribution in [0.1, 0.15) is 35.9 Å². The molecular formula is C25H29FN2O3. The monoisotopic (exact) mass is 424 g/mol. The molecule has 5 nitrogen and oxygen atoms in total. The summed E-state index contributed by atoms with van der Waals surface area (Å²) < 4.78 is 25.4. The largest absolute Gasteiger partial charge is 0.496 e. The Hall–Kier alpha value is -2.60. The third-order valence-corrected chi connectivity index (χ3v) is 7.31. The molecule has 164 valence electrons. The summed E-state index contributed by atoms with van der Waals surface area (Å²) in [6.07, 6.45) is 1.88. The van der Waals surface area contributed by atoms with Gasteiger partial charge in [0.1, 0.15) is 17.3 Å². The van der Waals surface area contributed by atoms with Gasteiger partial charge in [0.25, 0.3) is 0 Å². The van der Waals surface area contributed by atoms with E-state index in [-0.39, 0.29) is 29.6 Å². The fourth-order valence-corrected chi connectivity index (χ4v) is 5.76. The molecule has 0 saturated carbocycles. The number of likely N-dealkylation sites (tertiary alicyclic amines) is 2. The van der Waals surface area contributed by atoms with Crippen molar-refractivity contribution in [2.45, 2.75) is 24.8 Å². The van der Waals surface area contributed by atoms with E-state index >= 15 is 0 Å². The average Bonchev–Trinajstić information content (AvgIpc) is 3.15. The Morgan fingerprint density at radius 1 is 1.13 bits per heavy atom. The van der Waals surface area contributed by atoms with Gasteiger partial charge in [-0.15, -0.1) is 0 Å². The average molecular weight is 425 g/mol. The van der Waals surface area contributed by atoms with Gasteiger partial charge in [0.05, 0.1) is 19.6 Å². The zero-order valence-electron chi connectivity index (χ0n) is 18.1. The second-order valence-corrected chi connectivity index (χ2v) is 8.99. The summed E-state index contributed by atoms with van der Waals surface area (Å²) in [7, 11) is 3.74. The number of piperidine rings is 1. The summed E-state index contributed by atoms with van der Waals surface area (Å²) in [5.74, 6) is 1.96. The molecule has 0 bridgehead atoms. The SMILES string of the molecule is COc1ccccc1C1CCN(C(=O)[C@@H]2CN(C)[C@H]3c4cc(F)ccc4OC[C@@H]23)CC1. The van der Waals surface area contributed by atoms with Crippen LogP contribution in [0.5, 0.6) is 11.5 Å². The quantitative estimate of drug-likeness (QED) is 0.751. The molecule has 3 aliphatic heterocycles. The second-order valence-electron chi connectivity index (χ2n) is 8.99. The molecule has 5 rings (SSSR count). The number of carbonyl (C=O) groups excluding carboxylic acids is 1. The first kappa shape index (κ1) is 20.3. The number of halogens is 1. The molecule has 0 aromatic heterocycles. The Balaban J connectivity index is 1.29. The number of rotatable bonds is 3. The van der Waals surface area contributed by atoms with Crippen LogP contribution >= 0.6 is 0 Å². The number of amides is 1. The molecule has 6 heteroatoms. The molecule has 0 N–H and O–H groups in total. The molecule has 0 unspecified atom stereocenters. The third kappa shape index (κ3) is 3.57. The molecule has 2 saturated heterocycles. The van der Waals surface area contributed by atoms with Crippen LogP contribution in [0.2, 0.25) is 0 Å². The van der Waals surface area contributed by atoms with Gasteiger partial charge >= 0.3 is 0 Å².